The molecule has 1 N–H and O–H groups in total. The Morgan fingerprint density at radius 1 is 1.10 bits per heavy atom. The highest BCUT2D eigenvalue weighted by molar-refractivity contribution is 7.99. The van der Waals surface area contributed by atoms with Crippen molar-refractivity contribution in [3.8, 4) is 11.3 Å². The summed E-state index contributed by atoms with van der Waals surface area (Å²) in [6.45, 7) is 4.57. The molecule has 0 unspecified atom stereocenters. The summed E-state index contributed by atoms with van der Waals surface area (Å²) in [5, 5.41) is 0.789. The van der Waals surface area contributed by atoms with Crippen molar-refractivity contribution in [1.29, 1.82) is 0 Å². The van der Waals surface area contributed by atoms with E-state index in [2.05, 4.69) is 43.1 Å². The Labute approximate surface area is 185 Å². The van der Waals surface area contributed by atoms with Gasteiger partial charge in [-0.25, -0.2) is 4.98 Å². The SMILES string of the molecule is CCCCCCCSc1nc2c(c(=O)[nH]1)[C@@](C)(C1CCCCC1)Cc1ccccc1-2. The first-order valence-corrected chi connectivity index (χ1v) is 13.0. The molecule has 0 bridgehead atoms. The third kappa shape index (κ3) is 4.39. The van der Waals surface area contributed by atoms with E-state index in [-0.39, 0.29) is 11.0 Å². The lowest BCUT2D eigenvalue weighted by Gasteiger charge is -2.43. The number of benzene rings is 1. The van der Waals surface area contributed by atoms with Gasteiger partial charge in [0.2, 0.25) is 0 Å². The van der Waals surface area contributed by atoms with Crippen LogP contribution in [0.15, 0.2) is 34.2 Å². The Morgan fingerprint density at radius 3 is 2.67 bits per heavy atom. The normalized spacial score (nSPS) is 21.3. The van der Waals surface area contributed by atoms with Gasteiger partial charge in [-0.05, 0) is 37.2 Å². The summed E-state index contributed by atoms with van der Waals surface area (Å²) in [5.74, 6) is 1.59. The van der Waals surface area contributed by atoms with Gasteiger partial charge in [-0.3, -0.25) is 4.79 Å². The minimum absolute atomic E-state index is 0.0936. The number of nitrogens with zero attached hydrogens (tertiary/aromatic N) is 1. The van der Waals surface area contributed by atoms with Crippen LogP contribution < -0.4 is 5.56 Å². The van der Waals surface area contributed by atoms with Gasteiger partial charge in [0.1, 0.15) is 0 Å². The fraction of sp³-hybridized carbons (Fsp3) is 0.615. The Bertz CT molecular complexity index is 915. The Kier molecular flexibility index (Phi) is 7.02. The van der Waals surface area contributed by atoms with Crippen LogP contribution in [-0.2, 0) is 11.8 Å². The van der Waals surface area contributed by atoms with Crippen LogP contribution in [0.4, 0.5) is 0 Å². The third-order valence-corrected chi connectivity index (χ3v) is 8.25. The summed E-state index contributed by atoms with van der Waals surface area (Å²) in [7, 11) is 0. The minimum Gasteiger partial charge on any atom is -0.301 e. The number of hydrogen-bond donors (Lipinski definition) is 1. The van der Waals surface area contributed by atoms with Crippen LogP contribution in [0.2, 0.25) is 0 Å². The lowest BCUT2D eigenvalue weighted by molar-refractivity contribution is 0.213. The lowest BCUT2D eigenvalue weighted by Crippen LogP contribution is -2.43. The number of unbranched alkanes of at least 4 members (excludes halogenated alkanes) is 4. The second-order valence-corrected chi connectivity index (χ2v) is 10.5. The molecule has 162 valence electrons. The van der Waals surface area contributed by atoms with Gasteiger partial charge in [0.15, 0.2) is 5.16 Å². The molecule has 1 saturated carbocycles. The molecular weight excluding hydrogens is 388 g/mol. The number of aromatic amines is 1. The number of hydrogen-bond acceptors (Lipinski definition) is 3. The van der Waals surface area contributed by atoms with Crippen LogP contribution in [0.3, 0.4) is 0 Å². The molecule has 4 rings (SSSR count). The first-order valence-electron chi connectivity index (χ1n) is 12.0. The van der Waals surface area contributed by atoms with Gasteiger partial charge in [-0.1, -0.05) is 94.8 Å². The quantitative estimate of drug-likeness (QED) is 0.285. The van der Waals surface area contributed by atoms with E-state index in [0.717, 1.165) is 34.2 Å². The Hall–Kier alpha value is -1.55. The predicted molar refractivity (Wildman–Crippen MR) is 127 cm³/mol. The summed E-state index contributed by atoms with van der Waals surface area (Å²) >= 11 is 1.71. The predicted octanol–water partition coefficient (Wildman–Crippen LogP) is 6.89. The summed E-state index contributed by atoms with van der Waals surface area (Å²) in [6, 6.07) is 8.60. The number of fused-ring (bicyclic) bond motifs is 3. The van der Waals surface area contributed by atoms with Crippen LogP contribution in [-0.4, -0.2) is 15.7 Å². The van der Waals surface area contributed by atoms with Gasteiger partial charge in [0, 0.05) is 16.7 Å². The molecule has 0 aliphatic heterocycles. The highest BCUT2D eigenvalue weighted by atomic mass is 32.2. The van der Waals surface area contributed by atoms with Gasteiger partial charge in [0.05, 0.1) is 11.3 Å². The second kappa shape index (κ2) is 9.72. The maximum absolute atomic E-state index is 13.4. The maximum atomic E-state index is 13.4. The lowest BCUT2D eigenvalue weighted by atomic mass is 9.60. The molecule has 1 heterocycles. The van der Waals surface area contributed by atoms with Crippen molar-refractivity contribution >= 4 is 11.8 Å². The molecule has 2 aliphatic rings. The molecule has 1 fully saturated rings. The second-order valence-electron chi connectivity index (χ2n) is 9.44. The molecule has 2 aromatic rings. The monoisotopic (exact) mass is 424 g/mol. The molecule has 1 aromatic carbocycles. The summed E-state index contributed by atoms with van der Waals surface area (Å²) in [6.07, 6.45) is 13.6. The van der Waals surface area contributed by atoms with Crippen molar-refractivity contribution < 1.29 is 0 Å². The van der Waals surface area contributed by atoms with Gasteiger partial charge >= 0.3 is 0 Å². The molecule has 0 spiro atoms. The Balaban J connectivity index is 1.65. The first-order chi connectivity index (χ1) is 14.6. The van der Waals surface area contributed by atoms with Crippen molar-refractivity contribution in [3.63, 3.8) is 0 Å². The molecule has 30 heavy (non-hydrogen) atoms. The first kappa shape index (κ1) is 21.7. The largest absolute Gasteiger partial charge is 0.301 e. The van der Waals surface area contributed by atoms with Crippen molar-refractivity contribution in [3.05, 3.63) is 45.7 Å². The van der Waals surface area contributed by atoms with Crippen molar-refractivity contribution in [1.82, 2.24) is 9.97 Å². The molecule has 2 aliphatic carbocycles. The zero-order valence-corrected chi connectivity index (χ0v) is 19.5. The minimum atomic E-state index is -0.117. The van der Waals surface area contributed by atoms with Crippen LogP contribution in [0.25, 0.3) is 11.3 Å². The van der Waals surface area contributed by atoms with E-state index in [4.69, 9.17) is 4.98 Å². The van der Waals surface area contributed by atoms with Gasteiger partial charge in [-0.2, -0.15) is 0 Å². The van der Waals surface area contributed by atoms with Gasteiger partial charge in [0.25, 0.3) is 5.56 Å². The number of nitrogens with one attached hydrogen (secondary N) is 1. The molecule has 4 heteroatoms. The average Bonchev–Trinajstić information content (AvgIpc) is 2.76. The van der Waals surface area contributed by atoms with E-state index >= 15 is 0 Å². The number of thioether (sulfide) groups is 1. The van der Waals surface area contributed by atoms with Crippen molar-refractivity contribution in [2.45, 2.75) is 95.0 Å². The van der Waals surface area contributed by atoms with Gasteiger partial charge in [-0.15, -0.1) is 0 Å². The molecule has 1 atom stereocenters. The smallest absolute Gasteiger partial charge is 0.255 e. The van der Waals surface area contributed by atoms with Crippen molar-refractivity contribution in [2.24, 2.45) is 5.92 Å². The van der Waals surface area contributed by atoms with Crippen LogP contribution in [0.1, 0.15) is 89.2 Å². The van der Waals surface area contributed by atoms with Crippen LogP contribution >= 0.6 is 11.8 Å². The highest BCUT2D eigenvalue weighted by Gasteiger charge is 2.44. The van der Waals surface area contributed by atoms with E-state index in [9.17, 15) is 4.79 Å². The zero-order chi connectivity index (χ0) is 21.0. The van der Waals surface area contributed by atoms with E-state index in [1.807, 2.05) is 0 Å². The maximum Gasteiger partial charge on any atom is 0.255 e. The van der Waals surface area contributed by atoms with Crippen LogP contribution in [0, 0.1) is 5.92 Å². The standard InChI is InChI=1S/C26H36N2OS/c1-3-4-5-6-12-17-30-25-27-23-21-16-11-10-13-19(21)18-26(2,22(23)24(29)28-25)20-14-8-7-9-15-20/h10-11,13,16,20H,3-9,12,14-15,17-18H2,1-2H3,(H,27,28,29)/t26-/m1/s1. The fourth-order valence-electron chi connectivity index (χ4n) is 5.60. The molecule has 0 amide bonds. The van der Waals surface area contributed by atoms with E-state index in [1.165, 1.54) is 69.8 Å². The van der Waals surface area contributed by atoms with Gasteiger partial charge < -0.3 is 4.98 Å². The topological polar surface area (TPSA) is 45.8 Å². The fourth-order valence-corrected chi connectivity index (χ4v) is 6.46. The number of aromatic nitrogens is 2. The van der Waals surface area contributed by atoms with E-state index in [0.29, 0.717) is 5.92 Å². The van der Waals surface area contributed by atoms with Crippen molar-refractivity contribution in [2.75, 3.05) is 5.75 Å². The Morgan fingerprint density at radius 2 is 1.87 bits per heavy atom. The molecule has 3 nitrogen and oxygen atoms in total. The number of rotatable bonds is 8. The molecule has 0 radical (unpaired) electrons. The number of H-pyrrole nitrogens is 1. The summed E-state index contributed by atoms with van der Waals surface area (Å²) in [5.41, 5.74) is 4.38. The zero-order valence-electron chi connectivity index (χ0n) is 18.6. The summed E-state index contributed by atoms with van der Waals surface area (Å²) < 4.78 is 0. The van der Waals surface area contributed by atoms with Crippen LogP contribution in [0.5, 0.6) is 0 Å². The third-order valence-electron chi connectivity index (χ3n) is 7.29. The molecule has 1 aromatic heterocycles. The molecular formula is C26H36N2OS. The van der Waals surface area contributed by atoms with E-state index < -0.39 is 0 Å². The summed E-state index contributed by atoms with van der Waals surface area (Å²) in [4.78, 5) is 21.6. The molecule has 0 saturated heterocycles. The average molecular weight is 425 g/mol. The highest BCUT2D eigenvalue weighted by Crippen LogP contribution is 2.48. The van der Waals surface area contributed by atoms with E-state index in [1.54, 1.807) is 11.8 Å².